The van der Waals surface area contributed by atoms with Gasteiger partial charge in [0.15, 0.2) is 5.96 Å². The maximum absolute atomic E-state index is 5.34. The van der Waals surface area contributed by atoms with Crippen LogP contribution in [0.5, 0.6) is 0 Å². The Morgan fingerprint density at radius 1 is 1.48 bits per heavy atom. The van der Waals surface area contributed by atoms with Gasteiger partial charge in [-0.2, -0.15) is 5.10 Å². The highest BCUT2D eigenvalue weighted by Crippen LogP contribution is 2.20. The Labute approximate surface area is 183 Å². The van der Waals surface area contributed by atoms with Crippen molar-refractivity contribution in [3.63, 3.8) is 0 Å². The summed E-state index contributed by atoms with van der Waals surface area (Å²) in [5.41, 5.74) is 2.29. The molecule has 1 N–H and O–H groups in total. The zero-order valence-electron chi connectivity index (χ0n) is 16.8. The van der Waals surface area contributed by atoms with E-state index in [1.807, 2.05) is 31.9 Å². The second-order valence-electron chi connectivity index (χ2n) is 6.27. The molecule has 1 atom stereocenters. The van der Waals surface area contributed by atoms with Crippen LogP contribution in [0.1, 0.15) is 42.6 Å². The molecule has 0 aliphatic carbocycles. The first-order chi connectivity index (χ1) is 12.5. The number of ether oxygens (including phenoxy) is 1. The van der Waals surface area contributed by atoms with Gasteiger partial charge in [-0.3, -0.25) is 9.67 Å². The lowest BCUT2D eigenvalue weighted by molar-refractivity contribution is 0.119. The monoisotopic (exact) mass is 506 g/mol. The van der Waals surface area contributed by atoms with Gasteiger partial charge in [-0.05, 0) is 32.3 Å². The number of methoxy groups -OCH3 is 1. The van der Waals surface area contributed by atoms with Gasteiger partial charge in [0.25, 0.3) is 0 Å². The molecule has 0 saturated carbocycles. The summed E-state index contributed by atoms with van der Waals surface area (Å²) in [7, 11) is 5.69. The van der Waals surface area contributed by atoms with Crippen LogP contribution in [0.3, 0.4) is 0 Å². The van der Waals surface area contributed by atoms with Crippen molar-refractivity contribution in [1.29, 1.82) is 0 Å². The van der Waals surface area contributed by atoms with Crippen LogP contribution in [-0.2, 0) is 24.8 Å². The van der Waals surface area contributed by atoms with Crippen LogP contribution in [-0.4, -0.2) is 52.9 Å². The second-order valence-corrected chi connectivity index (χ2v) is 7.16. The second kappa shape index (κ2) is 12.3. The third-order valence-electron chi connectivity index (χ3n) is 4.01. The fraction of sp³-hybridized carbons (Fsp3) is 0.611. The minimum Gasteiger partial charge on any atom is -0.375 e. The molecular formula is C18H31IN6OS. The van der Waals surface area contributed by atoms with Gasteiger partial charge < -0.3 is 15.0 Å². The van der Waals surface area contributed by atoms with E-state index in [0.29, 0.717) is 0 Å². The van der Waals surface area contributed by atoms with E-state index in [0.717, 1.165) is 49.1 Å². The molecule has 2 aromatic heterocycles. The predicted molar refractivity (Wildman–Crippen MR) is 122 cm³/mol. The van der Waals surface area contributed by atoms with Crippen molar-refractivity contribution in [3.8, 4) is 0 Å². The third kappa shape index (κ3) is 7.74. The fourth-order valence-electron chi connectivity index (χ4n) is 2.54. The molecule has 2 rings (SSSR count). The van der Waals surface area contributed by atoms with Crippen LogP contribution >= 0.6 is 35.3 Å². The van der Waals surface area contributed by atoms with Gasteiger partial charge in [0, 0.05) is 45.9 Å². The van der Waals surface area contributed by atoms with Crippen molar-refractivity contribution in [2.24, 2.45) is 12.0 Å². The lowest BCUT2D eigenvalue weighted by atomic mass is 10.2. The first-order valence-corrected chi connectivity index (χ1v) is 9.85. The Morgan fingerprint density at radius 3 is 2.89 bits per heavy atom. The highest BCUT2D eigenvalue weighted by molar-refractivity contribution is 14.0. The minimum absolute atomic E-state index is 0. The Hall–Kier alpha value is -1.20. The topological polar surface area (TPSA) is 67.6 Å². The summed E-state index contributed by atoms with van der Waals surface area (Å²) in [6.45, 7) is 6.45. The fourth-order valence-corrected chi connectivity index (χ4v) is 3.38. The Bertz CT molecular complexity index is 702. The first-order valence-electron chi connectivity index (χ1n) is 8.97. The number of nitrogens with one attached hydrogen (secondary N) is 1. The molecule has 0 amide bonds. The van der Waals surface area contributed by atoms with E-state index in [9.17, 15) is 0 Å². The van der Waals surface area contributed by atoms with E-state index in [-0.39, 0.29) is 30.1 Å². The molecule has 0 fully saturated rings. The van der Waals surface area contributed by atoms with Gasteiger partial charge in [0.05, 0.1) is 18.4 Å². The van der Waals surface area contributed by atoms with Crippen LogP contribution in [0.25, 0.3) is 0 Å². The summed E-state index contributed by atoms with van der Waals surface area (Å²) in [5.74, 6) is 0.910. The number of aliphatic imine (C=N–C) groups is 1. The molecule has 152 valence electrons. The maximum Gasteiger partial charge on any atom is 0.194 e. The maximum atomic E-state index is 5.34. The number of halogens is 1. The third-order valence-corrected chi connectivity index (χ3v) is 5.06. The van der Waals surface area contributed by atoms with Crippen molar-refractivity contribution < 1.29 is 4.74 Å². The molecular weight excluding hydrogens is 475 g/mol. The average Bonchev–Trinajstić information content (AvgIpc) is 3.26. The minimum atomic E-state index is 0. The Balaban J connectivity index is 0.00000364. The normalized spacial score (nSPS) is 12.6. The molecule has 2 aromatic rings. The van der Waals surface area contributed by atoms with E-state index in [1.54, 1.807) is 18.4 Å². The highest BCUT2D eigenvalue weighted by Gasteiger charge is 2.12. The molecule has 27 heavy (non-hydrogen) atoms. The Kier molecular flexibility index (Phi) is 10.9. The highest BCUT2D eigenvalue weighted by atomic mass is 127. The van der Waals surface area contributed by atoms with Crippen LogP contribution < -0.4 is 5.32 Å². The number of guanidine groups is 1. The van der Waals surface area contributed by atoms with E-state index < -0.39 is 0 Å². The van der Waals surface area contributed by atoms with Gasteiger partial charge in [0.1, 0.15) is 11.1 Å². The number of nitrogens with zero attached hydrogens (tertiary/aromatic N) is 5. The van der Waals surface area contributed by atoms with E-state index in [4.69, 9.17) is 9.73 Å². The van der Waals surface area contributed by atoms with Crippen molar-refractivity contribution in [3.05, 3.63) is 34.0 Å². The molecule has 9 heteroatoms. The van der Waals surface area contributed by atoms with Gasteiger partial charge >= 0.3 is 0 Å². The quantitative estimate of drug-likeness (QED) is 0.245. The van der Waals surface area contributed by atoms with Crippen molar-refractivity contribution >= 4 is 41.3 Å². The Morgan fingerprint density at radius 2 is 2.26 bits per heavy atom. The van der Waals surface area contributed by atoms with Gasteiger partial charge in [-0.1, -0.05) is 0 Å². The number of rotatable bonds is 9. The summed E-state index contributed by atoms with van der Waals surface area (Å²) in [6.07, 6.45) is 6.00. The van der Waals surface area contributed by atoms with E-state index >= 15 is 0 Å². The summed E-state index contributed by atoms with van der Waals surface area (Å²) in [4.78, 5) is 11.5. The smallest absolute Gasteiger partial charge is 0.194 e. The predicted octanol–water partition coefficient (Wildman–Crippen LogP) is 3.23. The van der Waals surface area contributed by atoms with Crippen LogP contribution in [0, 0.1) is 0 Å². The van der Waals surface area contributed by atoms with Crippen LogP contribution in [0.15, 0.2) is 22.8 Å². The number of aromatic nitrogens is 3. The molecule has 7 nitrogen and oxygen atoms in total. The molecule has 0 aliphatic rings. The molecule has 2 heterocycles. The largest absolute Gasteiger partial charge is 0.375 e. The van der Waals surface area contributed by atoms with Crippen molar-refractivity contribution in [1.82, 2.24) is 25.0 Å². The average molecular weight is 506 g/mol. The summed E-state index contributed by atoms with van der Waals surface area (Å²) >= 11 is 1.64. The van der Waals surface area contributed by atoms with E-state index in [1.165, 1.54) is 5.56 Å². The number of aryl methyl sites for hydroxylation is 2. The van der Waals surface area contributed by atoms with E-state index in [2.05, 4.69) is 38.8 Å². The first kappa shape index (κ1) is 23.8. The zero-order chi connectivity index (χ0) is 18.9. The lowest BCUT2D eigenvalue weighted by Gasteiger charge is -2.21. The van der Waals surface area contributed by atoms with Crippen LogP contribution in [0.2, 0.25) is 0 Å². The van der Waals surface area contributed by atoms with Crippen molar-refractivity contribution in [2.75, 3.05) is 27.2 Å². The zero-order valence-corrected chi connectivity index (χ0v) is 20.0. The summed E-state index contributed by atoms with van der Waals surface area (Å²) in [6, 6.07) is 0. The molecule has 0 bridgehead atoms. The number of hydrogen-bond acceptors (Lipinski definition) is 5. The van der Waals surface area contributed by atoms with Gasteiger partial charge in [-0.25, -0.2) is 4.98 Å². The number of hydrogen-bond donors (Lipinski definition) is 1. The molecule has 0 aromatic carbocycles. The summed E-state index contributed by atoms with van der Waals surface area (Å²) in [5, 5.41) is 10.7. The standard InChI is InChI=1S/C18H30N6OS.HI/c1-6-19-18(20-9-7-8-15-10-21-24(4)11-15)23(3)12-16-13-26-17(22-16)14(2)25-5;/h10-11,13-14H,6-9,12H2,1-5H3,(H,19,20);1H. The molecule has 0 saturated heterocycles. The van der Waals surface area contributed by atoms with Gasteiger partial charge in [0.2, 0.25) is 0 Å². The summed E-state index contributed by atoms with van der Waals surface area (Å²) < 4.78 is 7.17. The van der Waals surface area contributed by atoms with Crippen LogP contribution in [0.4, 0.5) is 0 Å². The lowest BCUT2D eigenvalue weighted by Crippen LogP contribution is -2.38. The SMILES string of the molecule is CCNC(=NCCCc1cnn(C)c1)N(C)Cc1csc(C(C)OC)n1.I. The molecule has 0 radical (unpaired) electrons. The molecule has 1 unspecified atom stereocenters. The van der Waals surface area contributed by atoms with Gasteiger partial charge in [-0.15, -0.1) is 35.3 Å². The van der Waals surface area contributed by atoms with Crippen molar-refractivity contribution in [2.45, 2.75) is 39.3 Å². The molecule has 0 spiro atoms. The molecule has 0 aliphatic heterocycles. The number of thiazole rings is 1.